The normalized spacial score (nSPS) is 19.3. The molecule has 0 aromatic carbocycles. The second kappa shape index (κ2) is 9.34. The number of ether oxygens (including phenoxy) is 1. The van der Waals surface area contributed by atoms with Gasteiger partial charge in [0.15, 0.2) is 0 Å². The molecule has 3 rings (SSSR count). The SMILES string of the molecule is Cc1ccc(CN(C)C(=O)CN2CCN(CC(=O)N3CCOCC3)CC2)o1. The second-order valence-corrected chi connectivity index (χ2v) is 7.31. The van der Waals surface area contributed by atoms with Crippen molar-refractivity contribution in [1.82, 2.24) is 19.6 Å². The van der Waals surface area contributed by atoms with Gasteiger partial charge in [-0.15, -0.1) is 0 Å². The van der Waals surface area contributed by atoms with Gasteiger partial charge in [-0.25, -0.2) is 0 Å². The zero-order chi connectivity index (χ0) is 19.2. The molecule has 2 amide bonds. The van der Waals surface area contributed by atoms with E-state index in [1.54, 1.807) is 11.9 Å². The molecule has 1 aromatic heterocycles. The number of rotatable bonds is 6. The minimum Gasteiger partial charge on any atom is -0.464 e. The molecule has 27 heavy (non-hydrogen) atoms. The molecule has 2 fully saturated rings. The summed E-state index contributed by atoms with van der Waals surface area (Å²) < 4.78 is 10.8. The van der Waals surface area contributed by atoms with Crippen molar-refractivity contribution in [1.29, 1.82) is 0 Å². The lowest BCUT2D eigenvalue weighted by Gasteiger charge is -2.36. The standard InChI is InChI=1S/C19H30N4O4/c1-16-3-4-17(27-16)13-20(2)18(24)14-21-5-7-22(8-6-21)15-19(25)23-9-11-26-12-10-23/h3-4H,5-15H2,1-2H3. The van der Waals surface area contributed by atoms with Crippen molar-refractivity contribution >= 4 is 11.8 Å². The van der Waals surface area contributed by atoms with Crippen LogP contribution in [0.3, 0.4) is 0 Å². The Morgan fingerprint density at radius 1 is 1.00 bits per heavy atom. The van der Waals surface area contributed by atoms with Crippen molar-refractivity contribution in [2.24, 2.45) is 0 Å². The van der Waals surface area contributed by atoms with Gasteiger partial charge in [-0.3, -0.25) is 19.4 Å². The van der Waals surface area contributed by atoms with E-state index in [1.165, 1.54) is 0 Å². The topological polar surface area (TPSA) is 69.5 Å². The molecule has 0 unspecified atom stereocenters. The Hall–Kier alpha value is -1.90. The molecule has 1 aromatic rings. The molecule has 0 radical (unpaired) electrons. The smallest absolute Gasteiger partial charge is 0.236 e. The number of nitrogens with zero attached hydrogens (tertiary/aromatic N) is 4. The van der Waals surface area contributed by atoms with Gasteiger partial charge in [-0.2, -0.15) is 0 Å². The van der Waals surface area contributed by atoms with Gasteiger partial charge < -0.3 is 19.0 Å². The molecular weight excluding hydrogens is 348 g/mol. The maximum absolute atomic E-state index is 12.4. The molecule has 0 atom stereocenters. The highest BCUT2D eigenvalue weighted by Crippen LogP contribution is 2.10. The molecule has 0 saturated carbocycles. The van der Waals surface area contributed by atoms with Crippen LogP contribution in [0.25, 0.3) is 0 Å². The van der Waals surface area contributed by atoms with Crippen LogP contribution in [-0.4, -0.2) is 104 Å². The van der Waals surface area contributed by atoms with Crippen molar-refractivity contribution < 1.29 is 18.7 Å². The van der Waals surface area contributed by atoms with Crippen molar-refractivity contribution in [3.8, 4) is 0 Å². The van der Waals surface area contributed by atoms with Gasteiger partial charge in [0.1, 0.15) is 11.5 Å². The van der Waals surface area contributed by atoms with E-state index in [2.05, 4.69) is 9.80 Å². The van der Waals surface area contributed by atoms with Crippen LogP contribution in [0.5, 0.6) is 0 Å². The summed E-state index contributed by atoms with van der Waals surface area (Å²) in [4.78, 5) is 32.7. The number of carbonyl (C=O) groups is 2. The maximum atomic E-state index is 12.4. The summed E-state index contributed by atoms with van der Waals surface area (Å²) in [6.45, 7) is 9.11. The predicted molar refractivity (Wildman–Crippen MR) is 100 cm³/mol. The fraction of sp³-hybridized carbons (Fsp3) is 0.684. The number of morpholine rings is 1. The first-order valence-corrected chi connectivity index (χ1v) is 9.61. The van der Waals surface area contributed by atoms with E-state index in [1.807, 2.05) is 24.0 Å². The summed E-state index contributed by atoms with van der Waals surface area (Å²) in [6, 6.07) is 3.81. The summed E-state index contributed by atoms with van der Waals surface area (Å²) >= 11 is 0. The molecule has 150 valence electrons. The summed E-state index contributed by atoms with van der Waals surface area (Å²) in [5.41, 5.74) is 0. The Balaban J connectivity index is 1.37. The summed E-state index contributed by atoms with van der Waals surface area (Å²) in [7, 11) is 1.80. The van der Waals surface area contributed by atoms with E-state index in [0.717, 1.165) is 37.7 Å². The number of piperazine rings is 1. The molecule has 2 aliphatic heterocycles. The first-order chi connectivity index (χ1) is 13.0. The minimum atomic E-state index is 0.0851. The number of carbonyl (C=O) groups excluding carboxylic acids is 2. The van der Waals surface area contributed by atoms with E-state index in [0.29, 0.717) is 45.9 Å². The average molecular weight is 378 g/mol. The third kappa shape index (κ3) is 5.79. The lowest BCUT2D eigenvalue weighted by Crippen LogP contribution is -2.53. The lowest BCUT2D eigenvalue weighted by molar-refractivity contribution is -0.137. The number of hydrogen-bond donors (Lipinski definition) is 0. The summed E-state index contributed by atoms with van der Waals surface area (Å²) in [5.74, 6) is 1.92. The van der Waals surface area contributed by atoms with Gasteiger partial charge in [0.25, 0.3) is 0 Å². The fourth-order valence-electron chi connectivity index (χ4n) is 3.41. The number of aryl methyl sites for hydroxylation is 1. The van der Waals surface area contributed by atoms with Crippen LogP contribution in [0.15, 0.2) is 16.5 Å². The molecular formula is C19H30N4O4. The molecule has 3 heterocycles. The van der Waals surface area contributed by atoms with Crippen LogP contribution in [0.1, 0.15) is 11.5 Å². The van der Waals surface area contributed by atoms with E-state index >= 15 is 0 Å². The van der Waals surface area contributed by atoms with Crippen LogP contribution < -0.4 is 0 Å². The first kappa shape index (κ1) is 19.9. The molecule has 2 saturated heterocycles. The van der Waals surface area contributed by atoms with Gasteiger partial charge >= 0.3 is 0 Å². The van der Waals surface area contributed by atoms with Gasteiger partial charge in [0.2, 0.25) is 11.8 Å². The van der Waals surface area contributed by atoms with Crippen molar-refractivity contribution in [2.45, 2.75) is 13.5 Å². The predicted octanol–water partition coefficient (Wildman–Crippen LogP) is 0.0228. The fourth-order valence-corrected chi connectivity index (χ4v) is 3.41. The monoisotopic (exact) mass is 378 g/mol. The van der Waals surface area contributed by atoms with Crippen molar-refractivity contribution in [3.05, 3.63) is 23.7 Å². The summed E-state index contributed by atoms with van der Waals surface area (Å²) in [5, 5.41) is 0. The molecule has 0 N–H and O–H groups in total. The van der Waals surface area contributed by atoms with Gasteiger partial charge in [-0.05, 0) is 19.1 Å². The maximum Gasteiger partial charge on any atom is 0.236 e. The van der Waals surface area contributed by atoms with E-state index in [-0.39, 0.29) is 11.8 Å². The largest absolute Gasteiger partial charge is 0.464 e. The van der Waals surface area contributed by atoms with E-state index in [9.17, 15) is 9.59 Å². The Kier molecular flexibility index (Phi) is 6.87. The number of amides is 2. The molecule has 0 spiro atoms. The van der Waals surface area contributed by atoms with Gasteiger partial charge in [0.05, 0.1) is 32.8 Å². The van der Waals surface area contributed by atoms with Crippen molar-refractivity contribution in [2.75, 3.05) is 72.6 Å². The Labute approximate surface area is 160 Å². The van der Waals surface area contributed by atoms with E-state index in [4.69, 9.17) is 9.15 Å². The number of hydrogen-bond acceptors (Lipinski definition) is 6. The zero-order valence-electron chi connectivity index (χ0n) is 16.4. The molecule has 8 nitrogen and oxygen atoms in total. The van der Waals surface area contributed by atoms with Gasteiger partial charge in [0, 0.05) is 46.3 Å². The molecule has 8 heteroatoms. The quantitative estimate of drug-likeness (QED) is 0.695. The average Bonchev–Trinajstić information content (AvgIpc) is 3.08. The van der Waals surface area contributed by atoms with E-state index < -0.39 is 0 Å². The molecule has 0 bridgehead atoms. The van der Waals surface area contributed by atoms with Gasteiger partial charge in [-0.1, -0.05) is 0 Å². The number of likely N-dealkylation sites (N-methyl/N-ethyl adjacent to an activating group) is 1. The first-order valence-electron chi connectivity index (χ1n) is 9.61. The molecule has 0 aliphatic carbocycles. The van der Waals surface area contributed by atoms with Crippen LogP contribution in [0.4, 0.5) is 0 Å². The Morgan fingerprint density at radius 3 is 2.22 bits per heavy atom. The highest BCUT2D eigenvalue weighted by atomic mass is 16.5. The second-order valence-electron chi connectivity index (χ2n) is 7.31. The van der Waals surface area contributed by atoms with Crippen LogP contribution in [0.2, 0.25) is 0 Å². The third-order valence-electron chi connectivity index (χ3n) is 5.16. The Morgan fingerprint density at radius 2 is 1.63 bits per heavy atom. The third-order valence-corrected chi connectivity index (χ3v) is 5.16. The van der Waals surface area contributed by atoms with Crippen LogP contribution in [0, 0.1) is 6.92 Å². The van der Waals surface area contributed by atoms with Crippen LogP contribution in [-0.2, 0) is 20.9 Å². The zero-order valence-corrected chi connectivity index (χ0v) is 16.4. The minimum absolute atomic E-state index is 0.0851. The summed E-state index contributed by atoms with van der Waals surface area (Å²) in [6.07, 6.45) is 0. The highest BCUT2D eigenvalue weighted by molar-refractivity contribution is 5.78. The molecule has 2 aliphatic rings. The van der Waals surface area contributed by atoms with Crippen LogP contribution >= 0.6 is 0 Å². The number of furan rings is 1. The lowest BCUT2D eigenvalue weighted by atomic mass is 10.3. The Bertz CT molecular complexity index is 633. The van der Waals surface area contributed by atoms with Crippen molar-refractivity contribution in [3.63, 3.8) is 0 Å². The highest BCUT2D eigenvalue weighted by Gasteiger charge is 2.24.